The number of carbonyl (C=O) groups excluding carboxylic acids is 2. The van der Waals surface area contributed by atoms with Gasteiger partial charge >= 0.3 is 0 Å². The highest BCUT2D eigenvalue weighted by Crippen LogP contribution is 2.30. The quantitative estimate of drug-likeness (QED) is 0.629. The number of hydrogen-bond acceptors (Lipinski definition) is 5. The van der Waals surface area contributed by atoms with Crippen molar-refractivity contribution < 1.29 is 19.1 Å². The van der Waals surface area contributed by atoms with Gasteiger partial charge in [-0.15, -0.1) is 0 Å². The third-order valence-electron chi connectivity index (χ3n) is 4.62. The molecule has 0 fully saturated rings. The number of aromatic nitrogens is 2. The Hall–Kier alpha value is -3.81. The van der Waals surface area contributed by atoms with Crippen LogP contribution in [0, 0.1) is 0 Å². The molecule has 2 aromatic carbocycles. The summed E-state index contributed by atoms with van der Waals surface area (Å²) in [4.78, 5) is 28.6. The van der Waals surface area contributed by atoms with Crippen molar-refractivity contribution in [1.82, 2.24) is 14.9 Å². The third-order valence-corrected chi connectivity index (χ3v) is 4.62. The summed E-state index contributed by atoms with van der Waals surface area (Å²) in [5, 5.41) is 5.71. The highest BCUT2D eigenvalue weighted by Gasteiger charge is 2.13. The van der Waals surface area contributed by atoms with Crippen LogP contribution in [-0.4, -0.2) is 34.6 Å². The Balaban J connectivity index is 1.31. The van der Waals surface area contributed by atoms with E-state index in [0.29, 0.717) is 55.5 Å². The van der Waals surface area contributed by atoms with E-state index in [9.17, 15) is 9.59 Å². The van der Waals surface area contributed by atoms with Crippen LogP contribution in [0.5, 0.6) is 11.5 Å². The van der Waals surface area contributed by atoms with Crippen LogP contribution in [0.1, 0.15) is 22.3 Å². The van der Waals surface area contributed by atoms with Crippen molar-refractivity contribution in [3.05, 3.63) is 72.3 Å². The molecule has 8 nitrogen and oxygen atoms in total. The second kappa shape index (κ2) is 9.13. The number of amides is 2. The number of rotatable bonds is 7. The van der Waals surface area contributed by atoms with Crippen molar-refractivity contribution in [1.29, 1.82) is 0 Å². The van der Waals surface area contributed by atoms with Gasteiger partial charge < -0.3 is 24.7 Å². The minimum atomic E-state index is -0.223. The van der Waals surface area contributed by atoms with Crippen LogP contribution < -0.4 is 20.1 Å². The number of nitrogens with one attached hydrogen (secondary N) is 2. The van der Waals surface area contributed by atoms with Gasteiger partial charge in [-0.05, 0) is 35.9 Å². The molecule has 0 aliphatic carbocycles. The Morgan fingerprint density at radius 2 is 1.93 bits per heavy atom. The van der Waals surface area contributed by atoms with Crippen LogP contribution in [0.2, 0.25) is 0 Å². The molecule has 1 aromatic heterocycles. The maximum Gasteiger partial charge on any atom is 0.251 e. The summed E-state index contributed by atoms with van der Waals surface area (Å²) in [6.45, 7) is 1.96. The number of hydrogen-bond donors (Lipinski definition) is 2. The maximum atomic E-state index is 12.5. The van der Waals surface area contributed by atoms with Crippen molar-refractivity contribution >= 4 is 17.5 Å². The molecule has 0 saturated carbocycles. The van der Waals surface area contributed by atoms with Gasteiger partial charge in [-0.1, -0.05) is 12.1 Å². The summed E-state index contributed by atoms with van der Waals surface area (Å²) >= 11 is 0. The lowest BCUT2D eigenvalue weighted by atomic mass is 10.1. The van der Waals surface area contributed by atoms with Gasteiger partial charge in [0.2, 0.25) is 5.91 Å². The van der Waals surface area contributed by atoms with Crippen molar-refractivity contribution in [3.63, 3.8) is 0 Å². The average Bonchev–Trinajstić information content (AvgIpc) is 3.30. The van der Waals surface area contributed by atoms with Crippen LogP contribution >= 0.6 is 0 Å². The lowest BCUT2D eigenvalue weighted by Gasteiger charge is -2.19. The van der Waals surface area contributed by atoms with E-state index in [4.69, 9.17) is 9.47 Å². The van der Waals surface area contributed by atoms with Crippen LogP contribution in [0.3, 0.4) is 0 Å². The molecule has 2 N–H and O–H groups in total. The molecule has 0 atom stereocenters. The molecule has 2 amide bonds. The average molecular weight is 406 g/mol. The van der Waals surface area contributed by atoms with E-state index in [1.54, 1.807) is 43.0 Å². The zero-order valence-electron chi connectivity index (χ0n) is 16.3. The van der Waals surface area contributed by atoms with Gasteiger partial charge in [-0.25, -0.2) is 4.98 Å². The first kappa shape index (κ1) is 19.5. The molecule has 1 aliphatic heterocycles. The predicted octanol–water partition coefficient (Wildman–Crippen LogP) is 2.61. The van der Waals surface area contributed by atoms with Gasteiger partial charge in [0.15, 0.2) is 11.5 Å². The number of anilines is 1. The molecule has 0 unspecified atom stereocenters. The summed E-state index contributed by atoms with van der Waals surface area (Å²) in [5.41, 5.74) is 1.97. The summed E-state index contributed by atoms with van der Waals surface area (Å²) in [7, 11) is 0. The molecule has 2 heterocycles. The second-order valence-electron chi connectivity index (χ2n) is 6.84. The Bertz CT molecular complexity index is 1030. The topological polar surface area (TPSA) is 94.5 Å². The zero-order chi connectivity index (χ0) is 20.8. The monoisotopic (exact) mass is 406 g/mol. The first-order valence-electron chi connectivity index (χ1n) is 9.70. The van der Waals surface area contributed by atoms with E-state index in [1.807, 2.05) is 22.8 Å². The Morgan fingerprint density at radius 1 is 1.07 bits per heavy atom. The van der Waals surface area contributed by atoms with Gasteiger partial charge in [-0.3, -0.25) is 9.59 Å². The van der Waals surface area contributed by atoms with Gasteiger partial charge in [0.1, 0.15) is 13.2 Å². The van der Waals surface area contributed by atoms with Crippen LogP contribution in [0.15, 0.2) is 61.2 Å². The smallest absolute Gasteiger partial charge is 0.251 e. The molecule has 1 aliphatic rings. The van der Waals surface area contributed by atoms with Gasteiger partial charge in [0, 0.05) is 43.2 Å². The molecular formula is C22H22N4O4. The molecular weight excluding hydrogens is 384 g/mol. The fraction of sp³-hybridized carbons (Fsp3) is 0.227. The van der Waals surface area contributed by atoms with Gasteiger partial charge in [-0.2, -0.15) is 0 Å². The number of fused-ring (bicyclic) bond motifs is 1. The van der Waals surface area contributed by atoms with E-state index in [-0.39, 0.29) is 11.8 Å². The molecule has 0 spiro atoms. The number of benzene rings is 2. The van der Waals surface area contributed by atoms with E-state index < -0.39 is 0 Å². The second-order valence-corrected chi connectivity index (χ2v) is 6.84. The Kier molecular flexibility index (Phi) is 5.93. The minimum absolute atomic E-state index is 0.127. The lowest BCUT2D eigenvalue weighted by molar-refractivity contribution is -0.116. The fourth-order valence-corrected chi connectivity index (χ4v) is 3.09. The zero-order valence-corrected chi connectivity index (χ0v) is 16.3. The van der Waals surface area contributed by atoms with Crippen molar-refractivity contribution in [2.24, 2.45) is 0 Å². The summed E-state index contributed by atoms with van der Waals surface area (Å²) in [6.07, 6.45) is 5.46. The summed E-state index contributed by atoms with van der Waals surface area (Å²) < 4.78 is 12.9. The van der Waals surface area contributed by atoms with E-state index in [2.05, 4.69) is 15.6 Å². The van der Waals surface area contributed by atoms with Crippen LogP contribution in [-0.2, 0) is 17.9 Å². The Morgan fingerprint density at radius 3 is 2.77 bits per heavy atom. The molecule has 0 saturated heterocycles. The normalized spacial score (nSPS) is 12.3. The first-order valence-corrected chi connectivity index (χ1v) is 9.70. The number of carbonyl (C=O) groups is 2. The molecule has 8 heteroatoms. The van der Waals surface area contributed by atoms with Crippen molar-refractivity contribution in [3.8, 4) is 11.5 Å². The van der Waals surface area contributed by atoms with Gasteiger partial charge in [0.25, 0.3) is 5.91 Å². The van der Waals surface area contributed by atoms with Gasteiger partial charge in [0.05, 0.1) is 6.33 Å². The number of nitrogens with zero attached hydrogens (tertiary/aromatic N) is 2. The largest absolute Gasteiger partial charge is 0.486 e. The highest BCUT2D eigenvalue weighted by molar-refractivity contribution is 5.97. The molecule has 4 rings (SSSR count). The van der Waals surface area contributed by atoms with E-state index in [1.165, 1.54) is 0 Å². The highest BCUT2D eigenvalue weighted by atomic mass is 16.6. The van der Waals surface area contributed by atoms with E-state index >= 15 is 0 Å². The summed E-state index contributed by atoms with van der Waals surface area (Å²) in [6, 6.07) is 12.5. The van der Waals surface area contributed by atoms with Crippen LogP contribution in [0.4, 0.5) is 5.69 Å². The lowest BCUT2D eigenvalue weighted by Crippen LogP contribution is -2.23. The number of ether oxygens (including phenoxy) is 2. The van der Waals surface area contributed by atoms with Crippen molar-refractivity contribution in [2.45, 2.75) is 19.5 Å². The summed E-state index contributed by atoms with van der Waals surface area (Å²) in [5.74, 6) is 1.05. The van der Waals surface area contributed by atoms with E-state index in [0.717, 1.165) is 5.56 Å². The molecule has 0 bridgehead atoms. The number of aryl methyl sites for hydroxylation is 1. The van der Waals surface area contributed by atoms with Crippen LogP contribution in [0.25, 0.3) is 0 Å². The fourth-order valence-electron chi connectivity index (χ4n) is 3.09. The molecule has 0 radical (unpaired) electrons. The predicted molar refractivity (Wildman–Crippen MR) is 111 cm³/mol. The maximum absolute atomic E-state index is 12.5. The SMILES string of the molecule is O=C(CCn1ccnc1)Nc1cccc(C(=O)NCc2ccc3c(c2)OCCO3)c1. The molecule has 3 aromatic rings. The van der Waals surface area contributed by atoms with Crippen molar-refractivity contribution in [2.75, 3.05) is 18.5 Å². The first-order chi connectivity index (χ1) is 14.7. The number of imidazole rings is 1. The third kappa shape index (κ3) is 4.96. The molecule has 154 valence electrons. The molecule has 30 heavy (non-hydrogen) atoms. The minimum Gasteiger partial charge on any atom is -0.486 e. The standard InChI is InChI=1S/C22H22N4O4/c27-21(6-8-26-9-7-23-15-26)25-18-3-1-2-17(13-18)22(28)24-14-16-4-5-19-20(12-16)30-11-10-29-19/h1-5,7,9,12-13,15H,6,8,10-11,14H2,(H,24,28)(H,25,27). The Labute approximate surface area is 173 Å².